The molecule has 0 aromatic heterocycles. The molecular formula is C18H23FN2O3. The number of piperidine rings is 1. The summed E-state index contributed by atoms with van der Waals surface area (Å²) in [4.78, 5) is 27.1. The highest BCUT2D eigenvalue weighted by molar-refractivity contribution is 5.98. The summed E-state index contributed by atoms with van der Waals surface area (Å²) in [7, 11) is 0. The highest BCUT2D eigenvalue weighted by Crippen LogP contribution is 2.22. The third kappa shape index (κ3) is 3.65. The van der Waals surface area contributed by atoms with Gasteiger partial charge in [-0.3, -0.25) is 9.59 Å². The fourth-order valence-corrected chi connectivity index (χ4v) is 3.45. The number of ether oxygens (including phenoxy) is 1. The number of nitrogens with zero attached hydrogens (tertiary/aromatic N) is 1. The van der Waals surface area contributed by atoms with Crippen molar-refractivity contribution < 1.29 is 18.7 Å². The molecule has 0 aliphatic carbocycles. The number of likely N-dealkylation sites (tertiary alicyclic amines) is 1. The van der Waals surface area contributed by atoms with Gasteiger partial charge in [0.15, 0.2) is 5.78 Å². The molecule has 0 spiro atoms. The van der Waals surface area contributed by atoms with Crippen molar-refractivity contribution in [1.29, 1.82) is 0 Å². The van der Waals surface area contributed by atoms with Gasteiger partial charge in [0.2, 0.25) is 5.91 Å². The minimum atomic E-state index is -0.357. The van der Waals surface area contributed by atoms with E-state index in [2.05, 4.69) is 5.32 Å². The van der Waals surface area contributed by atoms with Crippen LogP contribution in [0, 0.1) is 11.7 Å². The zero-order chi connectivity index (χ0) is 17.1. The van der Waals surface area contributed by atoms with E-state index in [0.717, 1.165) is 12.8 Å². The standard InChI is InChI=1S/C18H23FN2O3/c1-12-16(20-8-10-24-12)18(23)21-9-2-3-14(11-21)17(22)13-4-6-15(19)7-5-13/h4-7,12,14,16,20H,2-3,8-11H2,1H3/t12-,14?,16+/m1/s1. The van der Waals surface area contributed by atoms with E-state index >= 15 is 0 Å². The fourth-order valence-electron chi connectivity index (χ4n) is 3.45. The molecule has 2 heterocycles. The third-order valence-corrected chi connectivity index (χ3v) is 4.82. The van der Waals surface area contributed by atoms with Crippen molar-refractivity contribution >= 4 is 11.7 Å². The molecule has 0 saturated carbocycles. The molecule has 1 unspecified atom stereocenters. The molecule has 2 aliphatic heterocycles. The Morgan fingerprint density at radius 3 is 2.75 bits per heavy atom. The molecule has 1 aromatic rings. The summed E-state index contributed by atoms with van der Waals surface area (Å²) in [6.07, 6.45) is 1.38. The largest absolute Gasteiger partial charge is 0.375 e. The van der Waals surface area contributed by atoms with E-state index in [0.29, 0.717) is 31.8 Å². The Bertz CT molecular complexity index is 605. The van der Waals surface area contributed by atoms with Gasteiger partial charge < -0.3 is 15.0 Å². The Morgan fingerprint density at radius 1 is 1.29 bits per heavy atom. The smallest absolute Gasteiger partial charge is 0.242 e. The SMILES string of the molecule is C[C@H]1OCCN[C@@H]1C(=O)N1CCCC(C(=O)c2ccc(F)cc2)C1. The van der Waals surface area contributed by atoms with E-state index in [9.17, 15) is 14.0 Å². The van der Waals surface area contributed by atoms with Crippen LogP contribution in [-0.2, 0) is 9.53 Å². The number of morpholine rings is 1. The lowest BCUT2D eigenvalue weighted by Gasteiger charge is -2.37. The molecule has 3 atom stereocenters. The van der Waals surface area contributed by atoms with Gasteiger partial charge in [-0.2, -0.15) is 0 Å². The number of carbonyl (C=O) groups excluding carboxylic acids is 2. The van der Waals surface area contributed by atoms with Crippen LogP contribution in [0.25, 0.3) is 0 Å². The Labute approximate surface area is 141 Å². The normalized spacial score (nSPS) is 27.8. The molecular weight excluding hydrogens is 311 g/mol. The van der Waals surface area contributed by atoms with Crippen molar-refractivity contribution in [3.63, 3.8) is 0 Å². The van der Waals surface area contributed by atoms with Crippen molar-refractivity contribution in [3.8, 4) is 0 Å². The summed E-state index contributed by atoms with van der Waals surface area (Å²) < 4.78 is 18.6. The van der Waals surface area contributed by atoms with Crippen LogP contribution in [0.3, 0.4) is 0 Å². The number of ketones is 1. The van der Waals surface area contributed by atoms with Crippen LogP contribution in [0.1, 0.15) is 30.1 Å². The zero-order valence-electron chi connectivity index (χ0n) is 13.8. The van der Waals surface area contributed by atoms with Crippen molar-refractivity contribution in [2.24, 2.45) is 5.92 Å². The highest BCUT2D eigenvalue weighted by Gasteiger charge is 2.35. The number of hydrogen-bond acceptors (Lipinski definition) is 4. The number of halogens is 1. The van der Waals surface area contributed by atoms with Gasteiger partial charge in [-0.15, -0.1) is 0 Å². The van der Waals surface area contributed by atoms with Crippen LogP contribution in [-0.4, -0.2) is 55.0 Å². The predicted octanol–water partition coefficient (Wildman–Crippen LogP) is 1.62. The minimum absolute atomic E-state index is 0.00111. The van der Waals surface area contributed by atoms with E-state index in [-0.39, 0.29) is 35.6 Å². The molecule has 1 aromatic carbocycles. The van der Waals surface area contributed by atoms with Gasteiger partial charge in [0.05, 0.1) is 12.7 Å². The van der Waals surface area contributed by atoms with Crippen LogP contribution < -0.4 is 5.32 Å². The molecule has 0 bridgehead atoms. The Hall–Kier alpha value is -1.79. The van der Waals surface area contributed by atoms with Gasteiger partial charge in [0.1, 0.15) is 11.9 Å². The average molecular weight is 334 g/mol. The van der Waals surface area contributed by atoms with Crippen LogP contribution >= 0.6 is 0 Å². The van der Waals surface area contributed by atoms with Crippen LogP contribution in [0.5, 0.6) is 0 Å². The second-order valence-corrected chi connectivity index (χ2v) is 6.50. The monoisotopic (exact) mass is 334 g/mol. The van der Waals surface area contributed by atoms with E-state index in [1.165, 1.54) is 24.3 Å². The second-order valence-electron chi connectivity index (χ2n) is 6.50. The van der Waals surface area contributed by atoms with Crippen molar-refractivity contribution in [3.05, 3.63) is 35.6 Å². The topological polar surface area (TPSA) is 58.6 Å². The Kier molecular flexibility index (Phi) is 5.26. The quantitative estimate of drug-likeness (QED) is 0.854. The van der Waals surface area contributed by atoms with Gasteiger partial charge in [-0.05, 0) is 44.0 Å². The maximum Gasteiger partial charge on any atom is 0.242 e. The van der Waals surface area contributed by atoms with Gasteiger partial charge >= 0.3 is 0 Å². The van der Waals surface area contributed by atoms with Gasteiger partial charge in [0.25, 0.3) is 0 Å². The van der Waals surface area contributed by atoms with Crippen LogP contribution in [0.2, 0.25) is 0 Å². The number of nitrogens with one attached hydrogen (secondary N) is 1. The zero-order valence-corrected chi connectivity index (χ0v) is 13.8. The molecule has 24 heavy (non-hydrogen) atoms. The van der Waals surface area contributed by atoms with Crippen molar-refractivity contribution in [2.75, 3.05) is 26.2 Å². The molecule has 130 valence electrons. The first-order valence-corrected chi connectivity index (χ1v) is 8.50. The number of rotatable bonds is 3. The van der Waals surface area contributed by atoms with Gasteiger partial charge in [-0.25, -0.2) is 4.39 Å². The summed E-state index contributed by atoms with van der Waals surface area (Å²) in [5, 5.41) is 3.21. The lowest BCUT2D eigenvalue weighted by Crippen LogP contribution is -2.58. The van der Waals surface area contributed by atoms with Gasteiger partial charge in [0, 0.05) is 31.1 Å². The molecule has 6 heteroatoms. The van der Waals surface area contributed by atoms with E-state index in [1.54, 1.807) is 4.90 Å². The number of benzene rings is 1. The van der Waals surface area contributed by atoms with Crippen LogP contribution in [0.4, 0.5) is 4.39 Å². The fraction of sp³-hybridized carbons (Fsp3) is 0.556. The van der Waals surface area contributed by atoms with E-state index in [1.807, 2.05) is 6.92 Å². The summed E-state index contributed by atoms with van der Waals surface area (Å²) >= 11 is 0. The summed E-state index contributed by atoms with van der Waals surface area (Å²) in [6, 6.07) is 5.26. The maximum atomic E-state index is 13.0. The molecule has 2 fully saturated rings. The Balaban J connectivity index is 1.66. The van der Waals surface area contributed by atoms with Crippen molar-refractivity contribution in [1.82, 2.24) is 10.2 Å². The van der Waals surface area contributed by atoms with Crippen LogP contribution in [0.15, 0.2) is 24.3 Å². The summed E-state index contributed by atoms with van der Waals surface area (Å²) in [5.41, 5.74) is 0.503. The van der Waals surface area contributed by atoms with E-state index < -0.39 is 0 Å². The molecule has 5 nitrogen and oxygen atoms in total. The molecule has 2 aliphatic rings. The number of hydrogen-bond donors (Lipinski definition) is 1. The summed E-state index contributed by atoms with van der Waals surface area (Å²) in [5.74, 6) is -0.607. The van der Waals surface area contributed by atoms with E-state index in [4.69, 9.17) is 4.74 Å². The first kappa shape index (κ1) is 17.0. The lowest BCUT2D eigenvalue weighted by atomic mass is 9.89. The minimum Gasteiger partial charge on any atom is -0.375 e. The lowest BCUT2D eigenvalue weighted by molar-refractivity contribution is -0.140. The first-order chi connectivity index (χ1) is 11.6. The highest BCUT2D eigenvalue weighted by atomic mass is 19.1. The third-order valence-electron chi connectivity index (χ3n) is 4.82. The summed E-state index contributed by atoms with van der Waals surface area (Å²) in [6.45, 7) is 4.24. The predicted molar refractivity (Wildman–Crippen MR) is 87.2 cm³/mol. The maximum absolute atomic E-state index is 13.0. The second kappa shape index (κ2) is 7.40. The van der Waals surface area contributed by atoms with Crippen molar-refractivity contribution in [2.45, 2.75) is 31.9 Å². The molecule has 2 saturated heterocycles. The average Bonchev–Trinajstić information content (AvgIpc) is 2.62. The molecule has 0 radical (unpaired) electrons. The number of Topliss-reactive ketones (excluding diaryl/α,β-unsaturated/α-hetero) is 1. The molecule has 1 N–H and O–H groups in total. The first-order valence-electron chi connectivity index (χ1n) is 8.50. The number of carbonyl (C=O) groups is 2. The molecule has 3 rings (SSSR count). The Morgan fingerprint density at radius 2 is 2.04 bits per heavy atom. The van der Waals surface area contributed by atoms with Gasteiger partial charge in [-0.1, -0.05) is 0 Å². The molecule has 1 amide bonds. The number of amides is 1.